The molecule has 0 aliphatic carbocycles. The molecule has 8 aromatic carbocycles. The van der Waals surface area contributed by atoms with Gasteiger partial charge in [-0.1, -0.05) is 151 Å². The maximum absolute atomic E-state index is 6.22. The summed E-state index contributed by atoms with van der Waals surface area (Å²) >= 11 is 6.19. The highest BCUT2D eigenvalue weighted by Gasteiger charge is 2.18. The van der Waals surface area contributed by atoms with Crippen LogP contribution in [0.4, 0.5) is 40.2 Å². The Morgan fingerprint density at radius 1 is 0.373 bits per heavy atom. The van der Waals surface area contributed by atoms with Crippen LogP contribution in [0.5, 0.6) is 0 Å². The molecule has 0 amide bonds. The number of fused-ring (bicyclic) bond motifs is 2. The summed E-state index contributed by atoms with van der Waals surface area (Å²) in [6.07, 6.45) is 0.900. The Balaban J connectivity index is 0.000000144. The van der Waals surface area contributed by atoms with Crippen molar-refractivity contribution >= 4 is 73.7 Å². The molecule has 2 N–H and O–H groups in total. The number of furan rings is 2. The molecular formula is C53H42ClN3O2. The first-order chi connectivity index (χ1) is 29.1. The molecule has 5 nitrogen and oxygen atoms in total. The van der Waals surface area contributed by atoms with E-state index in [-0.39, 0.29) is 0 Å². The third kappa shape index (κ3) is 9.74. The predicted octanol–water partition coefficient (Wildman–Crippen LogP) is 15.3. The van der Waals surface area contributed by atoms with Crippen LogP contribution in [0.3, 0.4) is 0 Å². The monoisotopic (exact) mass is 787 g/mol. The van der Waals surface area contributed by atoms with E-state index in [1.807, 2.05) is 140 Å². The SMILES string of the molecule is Clc1cccc(N(c2ccccc2)c2cc3ccccc3o2)c1.Nc1ccccc1.c1ccc(Cc2cccc(N(c3ccccc3)c3cc4ccccc4o3)c2)cc1. The minimum absolute atomic E-state index is 0.694. The molecule has 0 saturated carbocycles. The lowest BCUT2D eigenvalue weighted by atomic mass is 10.0. The summed E-state index contributed by atoms with van der Waals surface area (Å²) in [6, 6.07) is 77.2. The van der Waals surface area contributed by atoms with Gasteiger partial charge in [0.25, 0.3) is 0 Å². The third-order valence-electron chi connectivity index (χ3n) is 9.58. The second-order valence-corrected chi connectivity index (χ2v) is 14.2. The Labute approximate surface area is 349 Å². The minimum atomic E-state index is 0.694. The molecule has 0 spiro atoms. The lowest BCUT2D eigenvalue weighted by Gasteiger charge is -2.23. The van der Waals surface area contributed by atoms with Crippen molar-refractivity contribution in [3.8, 4) is 0 Å². The molecule has 6 heteroatoms. The second kappa shape index (κ2) is 18.6. The fraction of sp³-hybridized carbons (Fsp3) is 0.0189. The Hall–Kier alpha value is -7.47. The van der Waals surface area contributed by atoms with E-state index >= 15 is 0 Å². The topological polar surface area (TPSA) is 58.8 Å². The van der Waals surface area contributed by atoms with E-state index in [9.17, 15) is 0 Å². The average Bonchev–Trinajstić information content (AvgIpc) is 3.91. The van der Waals surface area contributed by atoms with Crippen molar-refractivity contribution in [3.63, 3.8) is 0 Å². The van der Waals surface area contributed by atoms with Crippen LogP contribution in [0.2, 0.25) is 5.02 Å². The van der Waals surface area contributed by atoms with Gasteiger partial charge in [-0.05, 0) is 96.4 Å². The van der Waals surface area contributed by atoms with E-state index in [4.69, 9.17) is 26.2 Å². The zero-order valence-electron chi connectivity index (χ0n) is 32.3. The molecule has 2 aromatic heterocycles. The lowest BCUT2D eigenvalue weighted by molar-refractivity contribution is 0.620. The summed E-state index contributed by atoms with van der Waals surface area (Å²) in [5, 5.41) is 2.87. The van der Waals surface area contributed by atoms with E-state index in [0.29, 0.717) is 5.02 Å². The molecule has 2 heterocycles. The number of nitrogens with zero attached hydrogens (tertiary/aromatic N) is 2. The molecule has 0 fully saturated rings. The highest BCUT2D eigenvalue weighted by atomic mass is 35.5. The van der Waals surface area contributed by atoms with Crippen LogP contribution in [-0.4, -0.2) is 0 Å². The maximum atomic E-state index is 6.22. The summed E-state index contributed by atoms with van der Waals surface area (Å²) in [5.41, 5.74) is 14.7. The Kier molecular flexibility index (Phi) is 12.1. The summed E-state index contributed by atoms with van der Waals surface area (Å²) in [5.74, 6) is 1.58. The van der Waals surface area contributed by atoms with Crippen molar-refractivity contribution in [1.82, 2.24) is 0 Å². The molecule has 0 aliphatic heterocycles. The fourth-order valence-electron chi connectivity index (χ4n) is 6.82. The van der Waals surface area contributed by atoms with E-state index in [1.54, 1.807) is 0 Å². The number of nitrogens with two attached hydrogens (primary N) is 1. The first-order valence-corrected chi connectivity index (χ1v) is 19.8. The smallest absolute Gasteiger partial charge is 0.205 e. The Bertz CT molecular complexity index is 2770. The van der Waals surface area contributed by atoms with Gasteiger partial charge in [-0.2, -0.15) is 0 Å². The molecule has 0 unspecified atom stereocenters. The number of rotatable bonds is 8. The summed E-state index contributed by atoms with van der Waals surface area (Å²) < 4.78 is 12.3. The van der Waals surface area contributed by atoms with Crippen LogP contribution in [0, 0.1) is 0 Å². The molecule has 0 radical (unpaired) electrons. The van der Waals surface area contributed by atoms with Gasteiger partial charge in [0, 0.05) is 50.7 Å². The summed E-state index contributed by atoms with van der Waals surface area (Å²) in [4.78, 5) is 4.24. The van der Waals surface area contributed by atoms with Gasteiger partial charge in [0.05, 0.1) is 5.69 Å². The number of nitrogen functional groups attached to an aromatic ring is 1. The van der Waals surface area contributed by atoms with Gasteiger partial charge in [0.15, 0.2) is 0 Å². The van der Waals surface area contributed by atoms with Crippen molar-refractivity contribution in [2.45, 2.75) is 6.42 Å². The summed E-state index contributed by atoms with van der Waals surface area (Å²) in [6.45, 7) is 0. The minimum Gasteiger partial charge on any atom is -0.440 e. The lowest BCUT2D eigenvalue weighted by Crippen LogP contribution is -2.09. The Morgan fingerprint density at radius 3 is 1.25 bits per heavy atom. The van der Waals surface area contributed by atoms with Crippen molar-refractivity contribution in [2.24, 2.45) is 0 Å². The zero-order valence-corrected chi connectivity index (χ0v) is 33.1. The molecule has 0 aliphatic rings. The van der Waals surface area contributed by atoms with Gasteiger partial charge in [0.2, 0.25) is 11.8 Å². The number of halogens is 1. The quantitative estimate of drug-likeness (QED) is 0.155. The number of anilines is 7. The van der Waals surface area contributed by atoms with Crippen molar-refractivity contribution in [3.05, 3.63) is 247 Å². The zero-order chi connectivity index (χ0) is 40.2. The number of hydrogen-bond donors (Lipinski definition) is 1. The molecule has 10 rings (SSSR count). The van der Waals surface area contributed by atoms with Crippen LogP contribution in [0.15, 0.2) is 239 Å². The van der Waals surface area contributed by atoms with Gasteiger partial charge in [-0.25, -0.2) is 0 Å². The van der Waals surface area contributed by atoms with Gasteiger partial charge < -0.3 is 14.6 Å². The second-order valence-electron chi connectivity index (χ2n) is 13.8. The molecule has 0 bridgehead atoms. The predicted molar refractivity (Wildman–Crippen MR) is 247 cm³/mol. The van der Waals surface area contributed by atoms with Crippen LogP contribution >= 0.6 is 11.6 Å². The molecule has 0 atom stereocenters. The molecule has 10 aromatic rings. The normalized spacial score (nSPS) is 10.6. The van der Waals surface area contributed by atoms with Gasteiger partial charge >= 0.3 is 0 Å². The van der Waals surface area contributed by atoms with Crippen molar-refractivity contribution in [2.75, 3.05) is 15.5 Å². The van der Waals surface area contributed by atoms with Crippen molar-refractivity contribution < 1.29 is 8.83 Å². The van der Waals surface area contributed by atoms with Gasteiger partial charge in [-0.3, -0.25) is 9.80 Å². The van der Waals surface area contributed by atoms with Crippen LogP contribution in [-0.2, 0) is 6.42 Å². The van der Waals surface area contributed by atoms with Crippen molar-refractivity contribution in [1.29, 1.82) is 0 Å². The first kappa shape index (κ1) is 38.4. The molecule has 59 heavy (non-hydrogen) atoms. The van der Waals surface area contributed by atoms with Crippen LogP contribution in [0.1, 0.15) is 11.1 Å². The highest BCUT2D eigenvalue weighted by Crippen LogP contribution is 2.39. The maximum Gasteiger partial charge on any atom is 0.205 e. The van der Waals surface area contributed by atoms with Crippen LogP contribution < -0.4 is 15.5 Å². The van der Waals surface area contributed by atoms with Gasteiger partial charge in [-0.15, -0.1) is 0 Å². The number of benzene rings is 8. The summed E-state index contributed by atoms with van der Waals surface area (Å²) in [7, 11) is 0. The molecular weight excluding hydrogens is 746 g/mol. The largest absolute Gasteiger partial charge is 0.440 e. The standard InChI is InChI=1S/C27H21NO.C20H14ClNO.C6H7N/c1-3-10-21(11-4-1)18-22-12-9-16-25(19-22)28(24-14-5-2-6-15-24)27-20-23-13-7-8-17-26(23)29-27;21-16-8-6-11-18(14-16)22(17-9-2-1-3-10-17)20-13-15-7-4-5-12-19(15)23-20;7-6-4-2-1-3-5-6/h1-17,19-20H,18H2;1-14H;1-5H,7H2. The van der Waals surface area contributed by atoms with Gasteiger partial charge in [0.1, 0.15) is 11.2 Å². The molecule has 0 saturated heterocycles. The van der Waals surface area contributed by atoms with E-state index in [0.717, 1.165) is 68.6 Å². The molecule has 288 valence electrons. The van der Waals surface area contributed by atoms with E-state index in [1.165, 1.54) is 11.1 Å². The first-order valence-electron chi connectivity index (χ1n) is 19.4. The average molecular weight is 788 g/mol. The highest BCUT2D eigenvalue weighted by molar-refractivity contribution is 6.30. The fourth-order valence-corrected chi connectivity index (χ4v) is 7.01. The van der Waals surface area contributed by atoms with E-state index in [2.05, 4.69) is 101 Å². The van der Waals surface area contributed by atoms with Crippen LogP contribution in [0.25, 0.3) is 21.9 Å². The number of para-hydroxylation sites is 5. The Morgan fingerprint density at radius 2 is 0.780 bits per heavy atom. The third-order valence-corrected chi connectivity index (χ3v) is 9.82. The van der Waals surface area contributed by atoms with E-state index < -0.39 is 0 Å². The number of hydrogen-bond acceptors (Lipinski definition) is 5.